The fraction of sp³-hybridized carbons (Fsp3) is 0.500. The number of hydrogen-bond acceptors (Lipinski definition) is 4. The highest BCUT2D eigenvalue weighted by Gasteiger charge is 2.29. The first-order valence-electron chi connectivity index (χ1n) is 8.79. The summed E-state index contributed by atoms with van der Waals surface area (Å²) in [6.07, 6.45) is 0.555. The molecule has 7 heteroatoms. The first-order chi connectivity index (χ1) is 12.1. The molecule has 3 amide bonds. The van der Waals surface area contributed by atoms with Crippen molar-refractivity contribution in [3.05, 3.63) is 29.8 Å². The lowest BCUT2D eigenvalue weighted by Gasteiger charge is -2.34. The van der Waals surface area contributed by atoms with Crippen LogP contribution in [0, 0.1) is 0 Å². The van der Waals surface area contributed by atoms with Crippen LogP contribution >= 0.6 is 0 Å². The number of benzene rings is 1. The van der Waals surface area contributed by atoms with Gasteiger partial charge in [0.1, 0.15) is 6.04 Å². The zero-order chi connectivity index (χ0) is 17.8. The average Bonchev–Trinajstić information content (AvgIpc) is 2.76. The minimum absolute atomic E-state index is 0.0413. The van der Waals surface area contributed by atoms with Gasteiger partial charge in [-0.15, -0.1) is 0 Å². The van der Waals surface area contributed by atoms with Gasteiger partial charge < -0.3 is 20.4 Å². The Morgan fingerprint density at radius 3 is 2.60 bits per heavy atom. The van der Waals surface area contributed by atoms with Crippen molar-refractivity contribution in [2.24, 2.45) is 0 Å². The molecule has 0 aliphatic carbocycles. The first kappa shape index (κ1) is 17.4. The van der Waals surface area contributed by atoms with Crippen molar-refractivity contribution in [2.45, 2.75) is 25.8 Å². The Labute approximate surface area is 147 Å². The molecule has 0 spiro atoms. The second-order valence-corrected chi connectivity index (χ2v) is 6.41. The molecule has 1 aromatic rings. The summed E-state index contributed by atoms with van der Waals surface area (Å²) >= 11 is 0. The van der Waals surface area contributed by atoms with Gasteiger partial charge in [-0.3, -0.25) is 14.4 Å². The van der Waals surface area contributed by atoms with E-state index in [2.05, 4.69) is 22.5 Å². The zero-order valence-electron chi connectivity index (χ0n) is 14.5. The van der Waals surface area contributed by atoms with Crippen molar-refractivity contribution < 1.29 is 14.4 Å². The molecule has 1 unspecified atom stereocenters. The fourth-order valence-electron chi connectivity index (χ4n) is 3.25. The number of likely N-dealkylation sites (N-methyl/N-ethyl adjacent to an activating group) is 1. The maximum absolute atomic E-state index is 12.4. The number of fused-ring (bicyclic) bond motifs is 1. The van der Waals surface area contributed by atoms with Crippen molar-refractivity contribution in [2.75, 3.05) is 38.0 Å². The number of amides is 3. The fourth-order valence-corrected chi connectivity index (χ4v) is 3.25. The minimum Gasteiger partial charge on any atom is -0.340 e. The summed E-state index contributed by atoms with van der Waals surface area (Å²) in [7, 11) is 0. The number of nitrogens with zero attached hydrogens (tertiary/aromatic N) is 2. The number of carbonyl (C=O) groups is 3. The summed E-state index contributed by atoms with van der Waals surface area (Å²) in [4.78, 5) is 41.1. The molecule has 1 aromatic carbocycles. The molecule has 7 nitrogen and oxygen atoms in total. The maximum atomic E-state index is 12.4. The molecular weight excluding hydrogens is 320 g/mol. The Kier molecular flexibility index (Phi) is 5.33. The quantitative estimate of drug-likeness (QED) is 0.842. The lowest BCUT2D eigenvalue weighted by molar-refractivity contribution is -0.133. The van der Waals surface area contributed by atoms with Gasteiger partial charge in [0, 0.05) is 32.6 Å². The largest absolute Gasteiger partial charge is 0.340 e. The predicted molar refractivity (Wildman–Crippen MR) is 94.3 cm³/mol. The summed E-state index contributed by atoms with van der Waals surface area (Å²) in [6, 6.07) is 6.20. The number of piperazine rings is 1. The van der Waals surface area contributed by atoms with Gasteiger partial charge in [-0.2, -0.15) is 0 Å². The van der Waals surface area contributed by atoms with Gasteiger partial charge in [0.05, 0.1) is 11.3 Å². The Hall–Kier alpha value is -2.41. The lowest BCUT2D eigenvalue weighted by atomic mass is 10.1. The average molecular weight is 344 g/mol. The van der Waals surface area contributed by atoms with E-state index in [1.54, 1.807) is 24.3 Å². The number of rotatable bonds is 4. The molecule has 0 bridgehead atoms. The minimum atomic E-state index is -0.694. The molecule has 0 saturated carbocycles. The van der Waals surface area contributed by atoms with E-state index in [1.807, 2.05) is 4.90 Å². The van der Waals surface area contributed by atoms with Crippen LogP contribution in [0.1, 0.15) is 30.1 Å². The van der Waals surface area contributed by atoms with E-state index >= 15 is 0 Å². The summed E-state index contributed by atoms with van der Waals surface area (Å²) in [6.45, 7) is 6.33. The molecule has 134 valence electrons. The third-order valence-electron chi connectivity index (χ3n) is 4.87. The highest BCUT2D eigenvalue weighted by Crippen LogP contribution is 2.19. The molecule has 2 heterocycles. The van der Waals surface area contributed by atoms with Gasteiger partial charge >= 0.3 is 0 Å². The smallest absolute Gasteiger partial charge is 0.254 e. The van der Waals surface area contributed by atoms with Crippen LogP contribution in [0.3, 0.4) is 0 Å². The van der Waals surface area contributed by atoms with E-state index in [9.17, 15) is 14.4 Å². The van der Waals surface area contributed by atoms with Crippen LogP contribution in [0.4, 0.5) is 5.69 Å². The summed E-state index contributed by atoms with van der Waals surface area (Å²) in [5, 5.41) is 5.50. The highest BCUT2D eigenvalue weighted by atomic mass is 16.2. The zero-order valence-corrected chi connectivity index (χ0v) is 14.5. The second-order valence-electron chi connectivity index (χ2n) is 6.41. The standard InChI is InChI=1S/C18H24N4O3/c1-2-21-9-11-22(12-10-21)16(23)8-7-15-18(25)19-14-6-4-3-5-13(14)17(24)20-15/h3-6,15H,2,7-12H2,1H3,(H,19,25)(H,20,24). The van der Waals surface area contributed by atoms with Gasteiger partial charge in [0.15, 0.2) is 0 Å². The third kappa shape index (κ3) is 3.99. The molecule has 1 fully saturated rings. The number of hydrogen-bond donors (Lipinski definition) is 2. The molecule has 25 heavy (non-hydrogen) atoms. The Morgan fingerprint density at radius 2 is 1.88 bits per heavy atom. The Bertz CT molecular complexity index is 668. The first-order valence-corrected chi connectivity index (χ1v) is 8.79. The van der Waals surface area contributed by atoms with Gasteiger partial charge in [0.2, 0.25) is 11.8 Å². The maximum Gasteiger partial charge on any atom is 0.254 e. The van der Waals surface area contributed by atoms with E-state index in [0.717, 1.165) is 32.7 Å². The van der Waals surface area contributed by atoms with Crippen molar-refractivity contribution >= 4 is 23.4 Å². The monoisotopic (exact) mass is 344 g/mol. The van der Waals surface area contributed by atoms with Gasteiger partial charge in [-0.25, -0.2) is 0 Å². The molecule has 3 rings (SSSR count). The Balaban J connectivity index is 1.56. The van der Waals surface area contributed by atoms with Crippen LogP contribution in [-0.4, -0.2) is 66.3 Å². The number of nitrogens with one attached hydrogen (secondary N) is 2. The van der Waals surface area contributed by atoms with Crippen LogP contribution in [0.15, 0.2) is 24.3 Å². The van der Waals surface area contributed by atoms with Crippen LogP contribution < -0.4 is 10.6 Å². The van der Waals surface area contributed by atoms with Crippen LogP contribution in [0.5, 0.6) is 0 Å². The van der Waals surface area contributed by atoms with Crippen LogP contribution in [0.2, 0.25) is 0 Å². The second kappa shape index (κ2) is 7.65. The molecular formula is C18H24N4O3. The number of anilines is 1. The lowest BCUT2D eigenvalue weighted by Crippen LogP contribution is -2.49. The number of para-hydroxylation sites is 1. The van der Waals surface area contributed by atoms with E-state index in [0.29, 0.717) is 17.7 Å². The third-order valence-corrected chi connectivity index (χ3v) is 4.87. The number of carbonyl (C=O) groups excluding carboxylic acids is 3. The molecule has 2 N–H and O–H groups in total. The SMILES string of the molecule is CCN1CCN(C(=O)CCC2NC(=O)c3ccccc3NC2=O)CC1. The van der Waals surface area contributed by atoms with Crippen molar-refractivity contribution in [1.82, 2.24) is 15.1 Å². The summed E-state index contributed by atoms with van der Waals surface area (Å²) in [5.74, 6) is -0.524. The molecule has 1 saturated heterocycles. The van der Waals surface area contributed by atoms with E-state index < -0.39 is 6.04 Å². The molecule has 1 atom stereocenters. The van der Waals surface area contributed by atoms with Crippen LogP contribution in [0.25, 0.3) is 0 Å². The summed E-state index contributed by atoms with van der Waals surface area (Å²) in [5.41, 5.74) is 0.954. The van der Waals surface area contributed by atoms with Crippen LogP contribution in [-0.2, 0) is 9.59 Å². The molecule has 0 aromatic heterocycles. The van der Waals surface area contributed by atoms with E-state index in [1.165, 1.54) is 0 Å². The molecule has 2 aliphatic rings. The molecule has 0 radical (unpaired) electrons. The normalized spacial score (nSPS) is 21.2. The molecule has 2 aliphatic heterocycles. The van der Waals surface area contributed by atoms with Gasteiger partial charge in [0.25, 0.3) is 5.91 Å². The van der Waals surface area contributed by atoms with E-state index in [-0.39, 0.29) is 24.1 Å². The predicted octanol–water partition coefficient (Wildman–Crippen LogP) is 0.681. The van der Waals surface area contributed by atoms with Crippen molar-refractivity contribution in [3.63, 3.8) is 0 Å². The van der Waals surface area contributed by atoms with Crippen molar-refractivity contribution in [3.8, 4) is 0 Å². The van der Waals surface area contributed by atoms with Crippen molar-refractivity contribution in [1.29, 1.82) is 0 Å². The van der Waals surface area contributed by atoms with E-state index in [4.69, 9.17) is 0 Å². The summed E-state index contributed by atoms with van der Waals surface area (Å²) < 4.78 is 0. The Morgan fingerprint density at radius 1 is 1.16 bits per heavy atom. The topological polar surface area (TPSA) is 81.8 Å². The van der Waals surface area contributed by atoms with Gasteiger partial charge in [-0.1, -0.05) is 19.1 Å². The highest BCUT2D eigenvalue weighted by molar-refractivity contribution is 6.09. The van der Waals surface area contributed by atoms with Gasteiger partial charge in [-0.05, 0) is 25.1 Å².